The van der Waals surface area contributed by atoms with E-state index in [1.54, 1.807) is 6.92 Å². The number of carboxylic acid groups (broad SMARTS) is 1. The summed E-state index contributed by atoms with van der Waals surface area (Å²) in [5.41, 5.74) is 0. The van der Waals surface area contributed by atoms with Crippen LogP contribution in [0.5, 0.6) is 0 Å². The van der Waals surface area contributed by atoms with E-state index in [0.29, 0.717) is 19.6 Å². The number of nitrogens with zero attached hydrogens (tertiary/aromatic N) is 3. The lowest BCUT2D eigenvalue weighted by Crippen LogP contribution is -2.56. The van der Waals surface area contributed by atoms with Gasteiger partial charge in [-0.1, -0.05) is 0 Å². The van der Waals surface area contributed by atoms with Gasteiger partial charge in [0, 0.05) is 33.2 Å². The van der Waals surface area contributed by atoms with Crippen molar-refractivity contribution in [2.75, 3.05) is 39.8 Å². The van der Waals surface area contributed by atoms with E-state index in [1.807, 2.05) is 0 Å². The highest BCUT2D eigenvalue weighted by molar-refractivity contribution is 6.35. The van der Waals surface area contributed by atoms with E-state index < -0.39 is 17.8 Å². The second-order valence-electron chi connectivity index (χ2n) is 4.57. The third kappa shape index (κ3) is 3.94. The van der Waals surface area contributed by atoms with Gasteiger partial charge in [0.1, 0.15) is 6.54 Å². The summed E-state index contributed by atoms with van der Waals surface area (Å²) in [7, 11) is 1.47. The molecule has 1 saturated heterocycles. The first kappa shape index (κ1) is 15.9. The third-order valence-electron chi connectivity index (χ3n) is 3.19. The van der Waals surface area contributed by atoms with Crippen molar-refractivity contribution in [2.45, 2.75) is 13.3 Å². The summed E-state index contributed by atoms with van der Waals surface area (Å²) in [5, 5.41) is 8.55. The molecule has 0 aromatic heterocycles. The third-order valence-corrected chi connectivity index (χ3v) is 3.19. The molecule has 1 rings (SSSR count). The van der Waals surface area contributed by atoms with Gasteiger partial charge < -0.3 is 19.8 Å². The predicted molar refractivity (Wildman–Crippen MR) is 68.7 cm³/mol. The Labute approximate surface area is 116 Å². The Balaban J connectivity index is 2.52. The average molecular weight is 285 g/mol. The van der Waals surface area contributed by atoms with Crippen molar-refractivity contribution in [3.63, 3.8) is 0 Å². The van der Waals surface area contributed by atoms with Gasteiger partial charge in [-0.2, -0.15) is 0 Å². The highest BCUT2D eigenvalue weighted by atomic mass is 16.4. The number of carbonyl (C=O) groups excluding carboxylic acids is 3. The zero-order valence-electron chi connectivity index (χ0n) is 11.7. The van der Waals surface area contributed by atoms with Crippen LogP contribution in [0.1, 0.15) is 13.3 Å². The van der Waals surface area contributed by atoms with E-state index in [-0.39, 0.29) is 25.4 Å². The molecule has 1 fully saturated rings. The monoisotopic (exact) mass is 285 g/mol. The largest absolute Gasteiger partial charge is 0.481 e. The Hall–Kier alpha value is -2.12. The molecule has 0 aromatic carbocycles. The van der Waals surface area contributed by atoms with Crippen molar-refractivity contribution in [3.8, 4) is 0 Å². The fourth-order valence-electron chi connectivity index (χ4n) is 1.84. The van der Waals surface area contributed by atoms with Gasteiger partial charge >= 0.3 is 17.8 Å². The standard InChI is InChI=1S/C12H19N3O5/c1-3-14-6-7-15(12(20)11(14)19)8-9(16)13(2)5-4-10(17)18/h3-8H2,1-2H3,(H,17,18). The van der Waals surface area contributed by atoms with E-state index in [9.17, 15) is 19.2 Å². The molecule has 0 aliphatic carbocycles. The lowest BCUT2D eigenvalue weighted by molar-refractivity contribution is -0.157. The number of likely N-dealkylation sites (N-methyl/N-ethyl adjacent to an activating group) is 2. The number of aliphatic carboxylic acids is 1. The second kappa shape index (κ2) is 6.88. The summed E-state index contributed by atoms with van der Waals surface area (Å²) in [4.78, 5) is 49.6. The minimum absolute atomic E-state index is 0.0746. The molecule has 0 atom stereocenters. The van der Waals surface area contributed by atoms with Gasteiger partial charge in [-0.05, 0) is 6.92 Å². The molecular weight excluding hydrogens is 266 g/mol. The maximum absolute atomic E-state index is 11.8. The van der Waals surface area contributed by atoms with Crippen molar-refractivity contribution in [3.05, 3.63) is 0 Å². The maximum atomic E-state index is 11.8. The van der Waals surface area contributed by atoms with Crippen LogP contribution in [0.4, 0.5) is 0 Å². The molecule has 0 radical (unpaired) electrons. The zero-order valence-corrected chi connectivity index (χ0v) is 11.7. The quantitative estimate of drug-likeness (QED) is 0.606. The number of hydrogen-bond acceptors (Lipinski definition) is 4. The van der Waals surface area contributed by atoms with E-state index in [1.165, 1.54) is 21.7 Å². The second-order valence-corrected chi connectivity index (χ2v) is 4.57. The number of hydrogen-bond donors (Lipinski definition) is 1. The molecule has 112 valence electrons. The van der Waals surface area contributed by atoms with Gasteiger partial charge in [0.15, 0.2) is 0 Å². The van der Waals surface area contributed by atoms with E-state index in [0.717, 1.165) is 0 Å². The minimum atomic E-state index is -0.993. The number of carbonyl (C=O) groups is 4. The molecule has 0 unspecified atom stereocenters. The molecule has 1 heterocycles. The van der Waals surface area contributed by atoms with Crippen molar-refractivity contribution in [1.29, 1.82) is 0 Å². The highest BCUT2D eigenvalue weighted by Gasteiger charge is 2.32. The van der Waals surface area contributed by atoms with E-state index >= 15 is 0 Å². The Morgan fingerprint density at radius 2 is 1.75 bits per heavy atom. The first-order chi connectivity index (χ1) is 9.36. The van der Waals surface area contributed by atoms with Gasteiger partial charge in [0.25, 0.3) is 0 Å². The van der Waals surface area contributed by atoms with Crippen LogP contribution in [0.25, 0.3) is 0 Å². The summed E-state index contributed by atoms with van der Waals surface area (Å²) in [6, 6.07) is 0. The number of rotatable bonds is 6. The van der Waals surface area contributed by atoms with Crippen LogP contribution in [0.15, 0.2) is 0 Å². The van der Waals surface area contributed by atoms with Crippen LogP contribution in [0.2, 0.25) is 0 Å². The van der Waals surface area contributed by atoms with Crippen molar-refractivity contribution in [1.82, 2.24) is 14.7 Å². The number of piperazine rings is 1. The van der Waals surface area contributed by atoms with Crippen LogP contribution < -0.4 is 0 Å². The van der Waals surface area contributed by atoms with Crippen molar-refractivity contribution < 1.29 is 24.3 Å². The molecular formula is C12H19N3O5. The maximum Gasteiger partial charge on any atom is 0.312 e. The van der Waals surface area contributed by atoms with Crippen molar-refractivity contribution >= 4 is 23.7 Å². The van der Waals surface area contributed by atoms with Gasteiger partial charge in [0.2, 0.25) is 5.91 Å². The average Bonchev–Trinajstić information content (AvgIpc) is 2.41. The summed E-state index contributed by atoms with van der Waals surface area (Å²) >= 11 is 0. The molecule has 1 aliphatic heterocycles. The lowest BCUT2D eigenvalue weighted by Gasteiger charge is -2.33. The van der Waals surface area contributed by atoms with Gasteiger partial charge in [-0.3, -0.25) is 19.2 Å². The number of amides is 3. The SMILES string of the molecule is CCN1CCN(CC(=O)N(C)CCC(=O)O)C(=O)C1=O. The first-order valence-electron chi connectivity index (χ1n) is 6.40. The summed E-state index contributed by atoms with van der Waals surface area (Å²) < 4.78 is 0. The van der Waals surface area contributed by atoms with Gasteiger partial charge in [0.05, 0.1) is 6.42 Å². The minimum Gasteiger partial charge on any atom is -0.481 e. The van der Waals surface area contributed by atoms with E-state index in [4.69, 9.17) is 5.11 Å². The molecule has 0 spiro atoms. The van der Waals surface area contributed by atoms with Crippen LogP contribution in [0, 0.1) is 0 Å². The van der Waals surface area contributed by atoms with Gasteiger partial charge in [-0.15, -0.1) is 0 Å². The van der Waals surface area contributed by atoms with Crippen LogP contribution in [-0.2, 0) is 19.2 Å². The molecule has 0 bridgehead atoms. The van der Waals surface area contributed by atoms with Crippen LogP contribution in [-0.4, -0.2) is 83.3 Å². The normalized spacial score (nSPS) is 15.5. The molecule has 3 amide bonds. The molecule has 0 aromatic rings. The first-order valence-corrected chi connectivity index (χ1v) is 6.40. The van der Waals surface area contributed by atoms with E-state index in [2.05, 4.69) is 0 Å². The Morgan fingerprint density at radius 1 is 1.20 bits per heavy atom. The molecule has 8 heteroatoms. The predicted octanol–water partition coefficient (Wildman–Crippen LogP) is -1.39. The fourth-order valence-corrected chi connectivity index (χ4v) is 1.84. The fraction of sp³-hybridized carbons (Fsp3) is 0.667. The topological polar surface area (TPSA) is 98.2 Å². The molecule has 1 aliphatic rings. The van der Waals surface area contributed by atoms with Crippen molar-refractivity contribution in [2.24, 2.45) is 0 Å². The lowest BCUT2D eigenvalue weighted by atomic mass is 10.2. The van der Waals surface area contributed by atoms with Crippen LogP contribution in [0.3, 0.4) is 0 Å². The van der Waals surface area contributed by atoms with Crippen LogP contribution >= 0.6 is 0 Å². The van der Waals surface area contributed by atoms with Gasteiger partial charge in [-0.25, -0.2) is 0 Å². The Morgan fingerprint density at radius 3 is 2.30 bits per heavy atom. The summed E-state index contributed by atoms with van der Waals surface area (Å²) in [6.07, 6.45) is -0.154. The zero-order chi connectivity index (χ0) is 15.3. The smallest absolute Gasteiger partial charge is 0.312 e. The molecule has 20 heavy (non-hydrogen) atoms. The summed E-state index contributed by atoms with van der Waals surface area (Å²) in [6.45, 7) is 2.85. The Bertz CT molecular complexity index is 423. The molecule has 1 N–H and O–H groups in total. The summed E-state index contributed by atoms with van der Waals surface area (Å²) in [5.74, 6) is -2.65. The molecule has 0 saturated carbocycles. The molecule has 8 nitrogen and oxygen atoms in total. The number of carboxylic acids is 1. The highest BCUT2D eigenvalue weighted by Crippen LogP contribution is 2.05. The Kier molecular flexibility index (Phi) is 5.48.